The largest absolute Gasteiger partial charge is 0.501 e. The molecule has 5 aromatic rings. The number of fused-ring (bicyclic) bond motifs is 3. The molecule has 2 atom stereocenters. The second-order valence-corrected chi connectivity index (χ2v) is 22.9. The van der Waals surface area contributed by atoms with Crippen LogP contribution in [-0.4, -0.2) is 119 Å². The zero-order valence-electron chi connectivity index (χ0n) is 37.7. The van der Waals surface area contributed by atoms with Crippen LogP contribution in [0.2, 0.25) is 5.02 Å². The molecule has 3 aliphatic heterocycles. The van der Waals surface area contributed by atoms with Gasteiger partial charge in [0.15, 0.2) is 0 Å². The SMILES string of the molecule is CC1(C)CCC(CN2CCN(c3ccc(C(=O)NS(=O)(=O)c4ccc(NCCCN5C[C@@H]6C[C@H]5CN6)c(S(=O)(=O)C(F)(F)F)c4)c(Oc4cnc5[nH]ccc5c4)c3)CC2)=C(c2ccc(Cl)cc2)C1. The van der Waals surface area contributed by atoms with Crippen molar-refractivity contribution in [3.63, 3.8) is 0 Å². The number of H-pyrrole nitrogens is 1. The van der Waals surface area contributed by atoms with Gasteiger partial charge in [0.1, 0.15) is 22.0 Å². The Labute approximate surface area is 399 Å². The summed E-state index contributed by atoms with van der Waals surface area (Å²) < 4.78 is 104. The van der Waals surface area contributed by atoms with E-state index >= 15 is 0 Å². The van der Waals surface area contributed by atoms with Gasteiger partial charge in [-0.1, -0.05) is 43.2 Å². The number of halogens is 4. The summed E-state index contributed by atoms with van der Waals surface area (Å²) in [6.07, 6.45) is 7.77. The van der Waals surface area contributed by atoms with Gasteiger partial charge in [0.25, 0.3) is 25.8 Å². The predicted molar refractivity (Wildman–Crippen MR) is 256 cm³/mol. The highest BCUT2D eigenvalue weighted by Gasteiger charge is 2.48. The van der Waals surface area contributed by atoms with Gasteiger partial charge in [-0.2, -0.15) is 13.2 Å². The molecule has 20 heteroatoms. The Morgan fingerprint density at radius 2 is 1.76 bits per heavy atom. The lowest BCUT2D eigenvalue weighted by atomic mass is 9.72. The lowest BCUT2D eigenvalue weighted by molar-refractivity contribution is -0.0435. The molecule has 0 spiro atoms. The number of alkyl halides is 3. The number of benzene rings is 3. The Kier molecular flexibility index (Phi) is 13.3. The van der Waals surface area contributed by atoms with E-state index in [4.69, 9.17) is 16.3 Å². The van der Waals surface area contributed by atoms with E-state index in [0.717, 1.165) is 75.9 Å². The van der Waals surface area contributed by atoms with Gasteiger partial charge in [0.05, 0.1) is 22.3 Å². The summed E-state index contributed by atoms with van der Waals surface area (Å²) in [6, 6.07) is 19.4. The van der Waals surface area contributed by atoms with Crippen LogP contribution in [0, 0.1) is 5.41 Å². The van der Waals surface area contributed by atoms with E-state index in [1.54, 1.807) is 30.5 Å². The number of carbonyl (C=O) groups is 1. The van der Waals surface area contributed by atoms with E-state index in [9.17, 15) is 34.8 Å². The summed E-state index contributed by atoms with van der Waals surface area (Å²) in [5.74, 6) is -0.901. The van der Waals surface area contributed by atoms with Crippen molar-refractivity contribution in [1.29, 1.82) is 0 Å². The lowest BCUT2D eigenvalue weighted by Gasteiger charge is -2.39. The number of sulfone groups is 1. The monoisotopic (exact) mass is 994 g/mol. The summed E-state index contributed by atoms with van der Waals surface area (Å²) in [5, 5.41) is 7.60. The van der Waals surface area contributed by atoms with E-state index in [1.165, 1.54) is 29.0 Å². The average Bonchev–Trinajstić information content (AvgIpc) is 4.07. The van der Waals surface area contributed by atoms with Crippen molar-refractivity contribution in [2.45, 2.75) is 73.3 Å². The summed E-state index contributed by atoms with van der Waals surface area (Å²) >= 11 is 6.24. The normalized spacial score (nSPS) is 20.3. The Bertz CT molecular complexity index is 2960. The number of allylic oxidation sites excluding steroid dienone is 1. The third-order valence-corrected chi connectivity index (χ3v) is 16.6. The molecular formula is C48H54ClF3N8O6S2. The average molecular weight is 996 g/mol. The van der Waals surface area contributed by atoms with Gasteiger partial charge in [-0.25, -0.2) is 26.5 Å². The minimum Gasteiger partial charge on any atom is -0.455 e. The number of nitrogens with one attached hydrogen (secondary N) is 4. The molecule has 362 valence electrons. The number of aromatic nitrogens is 2. The zero-order chi connectivity index (χ0) is 48.0. The van der Waals surface area contributed by atoms with E-state index < -0.39 is 46.8 Å². The Morgan fingerprint density at radius 1 is 0.985 bits per heavy atom. The fraction of sp³-hybridized carbons (Fsp3) is 0.417. The first-order valence-corrected chi connectivity index (χ1v) is 26.1. The summed E-state index contributed by atoms with van der Waals surface area (Å²) in [7, 11) is -11.0. The molecule has 2 aromatic heterocycles. The van der Waals surface area contributed by atoms with E-state index in [-0.39, 0.29) is 29.0 Å². The van der Waals surface area contributed by atoms with Gasteiger partial charge in [-0.3, -0.25) is 14.6 Å². The van der Waals surface area contributed by atoms with Gasteiger partial charge < -0.3 is 25.3 Å². The number of sulfonamides is 1. The quantitative estimate of drug-likeness (QED) is 0.0747. The van der Waals surface area contributed by atoms with Gasteiger partial charge in [0, 0.05) is 99.3 Å². The number of likely N-dealkylation sites (tertiary alicyclic amines) is 1. The van der Waals surface area contributed by atoms with Crippen LogP contribution in [0.1, 0.15) is 61.9 Å². The summed E-state index contributed by atoms with van der Waals surface area (Å²) in [4.78, 5) is 26.2. The maximum Gasteiger partial charge on any atom is 0.501 e. The molecule has 4 N–H and O–H groups in total. The van der Waals surface area contributed by atoms with Crippen molar-refractivity contribution >= 4 is 65.3 Å². The number of piperazine rings is 2. The molecule has 1 aliphatic carbocycles. The van der Waals surface area contributed by atoms with Crippen LogP contribution in [0.15, 0.2) is 101 Å². The molecule has 2 bridgehead atoms. The fourth-order valence-electron chi connectivity index (χ4n) is 9.81. The molecule has 5 heterocycles. The van der Waals surface area contributed by atoms with Crippen LogP contribution in [0.5, 0.6) is 11.5 Å². The number of rotatable bonds is 15. The van der Waals surface area contributed by atoms with Crippen molar-refractivity contribution in [3.8, 4) is 11.5 Å². The van der Waals surface area contributed by atoms with Gasteiger partial charge in [0.2, 0.25) is 0 Å². The number of nitrogens with zero attached hydrogens (tertiary/aromatic N) is 4. The Morgan fingerprint density at radius 3 is 2.49 bits per heavy atom. The highest BCUT2D eigenvalue weighted by atomic mass is 35.5. The minimum absolute atomic E-state index is 0.00481. The molecule has 1 amide bonds. The van der Waals surface area contributed by atoms with E-state index in [2.05, 4.69) is 61.3 Å². The van der Waals surface area contributed by atoms with Crippen molar-refractivity contribution in [3.05, 3.63) is 107 Å². The molecule has 14 nitrogen and oxygen atoms in total. The third-order valence-electron chi connectivity index (χ3n) is 13.5. The molecule has 9 rings (SSSR count). The Balaban J connectivity index is 0.933. The van der Waals surface area contributed by atoms with Crippen LogP contribution < -0.4 is 25.0 Å². The molecule has 0 saturated carbocycles. The van der Waals surface area contributed by atoms with Crippen LogP contribution >= 0.6 is 11.6 Å². The highest BCUT2D eigenvalue weighted by molar-refractivity contribution is 7.92. The summed E-state index contributed by atoms with van der Waals surface area (Å²) in [5.41, 5.74) is -0.857. The van der Waals surface area contributed by atoms with Gasteiger partial charge in [-0.15, -0.1) is 0 Å². The first-order chi connectivity index (χ1) is 32.3. The third kappa shape index (κ3) is 10.4. The van der Waals surface area contributed by atoms with Crippen molar-refractivity contribution < 1.29 is 39.5 Å². The number of aromatic amines is 1. The minimum atomic E-state index is -6.03. The Hall–Kier alpha value is -5.18. The smallest absolute Gasteiger partial charge is 0.455 e. The number of ether oxygens (including phenoxy) is 1. The van der Waals surface area contributed by atoms with Crippen LogP contribution in [0.3, 0.4) is 0 Å². The van der Waals surface area contributed by atoms with E-state index in [0.29, 0.717) is 60.6 Å². The maximum absolute atomic E-state index is 14.0. The molecule has 4 aliphatic rings. The molecule has 3 fully saturated rings. The highest BCUT2D eigenvalue weighted by Crippen LogP contribution is 2.44. The number of pyridine rings is 1. The fourth-order valence-corrected chi connectivity index (χ4v) is 12.0. The van der Waals surface area contributed by atoms with Crippen LogP contribution in [0.25, 0.3) is 16.6 Å². The first kappa shape index (κ1) is 47.9. The summed E-state index contributed by atoms with van der Waals surface area (Å²) in [6.45, 7) is 10.8. The zero-order valence-corrected chi connectivity index (χ0v) is 40.1. The molecule has 0 radical (unpaired) electrons. The second kappa shape index (κ2) is 19.0. The molecule has 68 heavy (non-hydrogen) atoms. The number of carbonyl (C=O) groups excluding carboxylic acids is 1. The second-order valence-electron chi connectivity index (χ2n) is 18.9. The van der Waals surface area contributed by atoms with Gasteiger partial charge >= 0.3 is 5.51 Å². The molecule has 0 unspecified atom stereocenters. The van der Waals surface area contributed by atoms with E-state index in [1.807, 2.05) is 16.9 Å². The number of amides is 1. The van der Waals surface area contributed by atoms with Gasteiger partial charge in [-0.05, 0) is 103 Å². The first-order valence-electron chi connectivity index (χ1n) is 22.7. The maximum atomic E-state index is 14.0. The van der Waals surface area contributed by atoms with Crippen LogP contribution in [-0.2, 0) is 19.9 Å². The van der Waals surface area contributed by atoms with Crippen molar-refractivity contribution in [2.75, 3.05) is 69.1 Å². The number of hydrogen-bond acceptors (Lipinski definition) is 12. The number of hydrogen-bond donors (Lipinski definition) is 4. The van der Waals surface area contributed by atoms with Crippen molar-refractivity contribution in [2.24, 2.45) is 5.41 Å². The van der Waals surface area contributed by atoms with Crippen molar-refractivity contribution in [1.82, 2.24) is 29.8 Å². The van der Waals surface area contributed by atoms with Crippen LogP contribution in [0.4, 0.5) is 24.5 Å². The number of anilines is 2. The standard InChI is InChI=1S/C48H54ClF3N8O6S2/c1-47(2)14-12-33(41(26-47)31-4-6-34(49)7-5-31)29-58-18-20-59(21-19-58)36-8-10-40(43(24-36)66-38-22-32-13-16-54-45(32)56-28-38)46(61)57-68(64,65)39-9-11-42(44(25-39)67(62,63)48(50,51)52)53-15-3-17-60-30-35-23-37(60)27-55-35/h4-11,13,16,22,24-25,28,35,37,53,55H,3,12,14-15,17-21,23,26-27,29-30H2,1-2H3,(H,54,56)(H,57,61)/t35-,37-/m0/s1. The predicted octanol–water partition coefficient (Wildman–Crippen LogP) is 8.05. The molecule has 3 saturated heterocycles. The molecular weight excluding hydrogens is 941 g/mol. The lowest BCUT2D eigenvalue weighted by Crippen LogP contribution is -2.47. The topological polar surface area (TPSA) is 169 Å². The molecule has 3 aromatic carbocycles.